The number of carbonyl (C=O) groups excluding carboxylic acids is 1. The van der Waals surface area contributed by atoms with Crippen LogP contribution in [0.3, 0.4) is 0 Å². The first-order chi connectivity index (χ1) is 11.8. The Morgan fingerprint density at radius 1 is 1.29 bits per heavy atom. The zero-order valence-electron chi connectivity index (χ0n) is 13.8. The van der Waals surface area contributed by atoms with Crippen molar-refractivity contribution in [1.29, 1.82) is 0 Å². The molecule has 0 aromatic carbocycles. The lowest BCUT2D eigenvalue weighted by molar-refractivity contribution is 0.0269. The summed E-state index contributed by atoms with van der Waals surface area (Å²) in [7, 11) is 0. The van der Waals surface area contributed by atoms with Crippen LogP contribution in [0.15, 0.2) is 24.5 Å². The highest BCUT2D eigenvalue weighted by atomic mass is 16.6. The fraction of sp³-hybridized carbons (Fsp3) is 0.667. The molecule has 3 atom stereocenters. The van der Waals surface area contributed by atoms with Crippen LogP contribution in [-0.2, 0) is 9.47 Å². The maximum absolute atomic E-state index is 12.5. The van der Waals surface area contributed by atoms with Crippen LogP contribution < -0.4 is 4.74 Å². The summed E-state index contributed by atoms with van der Waals surface area (Å²) in [4.78, 5) is 18.5. The van der Waals surface area contributed by atoms with Crippen LogP contribution >= 0.6 is 0 Å². The van der Waals surface area contributed by atoms with Gasteiger partial charge in [0.05, 0.1) is 19.4 Å². The molecule has 3 aliphatic rings. The zero-order valence-corrected chi connectivity index (χ0v) is 13.8. The minimum atomic E-state index is -0.158. The van der Waals surface area contributed by atoms with Crippen molar-refractivity contribution in [2.75, 3.05) is 19.8 Å². The van der Waals surface area contributed by atoms with Crippen molar-refractivity contribution < 1.29 is 19.0 Å². The normalized spacial score (nSPS) is 31.9. The highest BCUT2D eigenvalue weighted by molar-refractivity contribution is 5.69. The SMILES string of the molecule is O=C(OCC1CCOC1)N1C2CCC1CC(Oc1cccnc1)C2. The Kier molecular flexibility index (Phi) is 4.56. The number of piperidine rings is 1. The number of hydrogen-bond donors (Lipinski definition) is 0. The molecule has 6 nitrogen and oxygen atoms in total. The largest absolute Gasteiger partial charge is 0.489 e. The Labute approximate surface area is 142 Å². The average Bonchev–Trinajstić information content (AvgIpc) is 3.20. The van der Waals surface area contributed by atoms with Gasteiger partial charge in [-0.2, -0.15) is 0 Å². The van der Waals surface area contributed by atoms with E-state index in [-0.39, 0.29) is 24.3 Å². The number of hydrogen-bond acceptors (Lipinski definition) is 5. The van der Waals surface area contributed by atoms with E-state index in [9.17, 15) is 4.79 Å². The van der Waals surface area contributed by atoms with Crippen molar-refractivity contribution in [3.05, 3.63) is 24.5 Å². The van der Waals surface area contributed by atoms with E-state index in [4.69, 9.17) is 14.2 Å². The van der Waals surface area contributed by atoms with Crippen LogP contribution in [0.1, 0.15) is 32.1 Å². The molecule has 130 valence electrons. The van der Waals surface area contributed by atoms with Gasteiger partial charge in [-0.25, -0.2) is 4.79 Å². The number of amides is 1. The molecule has 0 radical (unpaired) electrons. The summed E-state index contributed by atoms with van der Waals surface area (Å²) in [5, 5.41) is 0. The number of nitrogens with zero attached hydrogens (tertiary/aromatic N) is 2. The van der Waals surface area contributed by atoms with Gasteiger partial charge in [0.1, 0.15) is 11.9 Å². The van der Waals surface area contributed by atoms with Crippen molar-refractivity contribution in [2.24, 2.45) is 5.92 Å². The molecule has 4 rings (SSSR count). The van der Waals surface area contributed by atoms with Crippen LogP contribution in [0.5, 0.6) is 5.75 Å². The molecule has 0 spiro atoms. The van der Waals surface area contributed by atoms with Gasteiger partial charge in [0.2, 0.25) is 0 Å². The molecular weight excluding hydrogens is 308 g/mol. The molecule has 1 aromatic rings. The molecule has 4 heterocycles. The van der Waals surface area contributed by atoms with E-state index >= 15 is 0 Å². The summed E-state index contributed by atoms with van der Waals surface area (Å²) in [5.74, 6) is 1.16. The van der Waals surface area contributed by atoms with Crippen molar-refractivity contribution in [3.8, 4) is 5.75 Å². The lowest BCUT2D eigenvalue weighted by Crippen LogP contribution is -2.49. The lowest BCUT2D eigenvalue weighted by Gasteiger charge is -2.38. The number of rotatable bonds is 4. The van der Waals surface area contributed by atoms with E-state index in [1.165, 1.54) is 0 Å². The van der Waals surface area contributed by atoms with Gasteiger partial charge in [-0.1, -0.05) is 0 Å². The molecule has 0 aliphatic carbocycles. The first-order valence-electron chi connectivity index (χ1n) is 8.89. The van der Waals surface area contributed by atoms with Gasteiger partial charge in [-0.15, -0.1) is 0 Å². The first-order valence-corrected chi connectivity index (χ1v) is 8.89. The first kappa shape index (κ1) is 15.7. The maximum Gasteiger partial charge on any atom is 0.410 e. The molecule has 1 amide bonds. The van der Waals surface area contributed by atoms with Gasteiger partial charge in [-0.05, 0) is 31.4 Å². The van der Waals surface area contributed by atoms with Gasteiger partial charge in [-0.3, -0.25) is 4.98 Å². The van der Waals surface area contributed by atoms with E-state index in [1.54, 1.807) is 12.4 Å². The number of pyridine rings is 1. The molecule has 3 saturated heterocycles. The Bertz CT molecular complexity index is 547. The third-order valence-corrected chi connectivity index (χ3v) is 5.30. The third kappa shape index (κ3) is 3.34. The summed E-state index contributed by atoms with van der Waals surface area (Å²) in [5.41, 5.74) is 0. The fourth-order valence-corrected chi connectivity index (χ4v) is 4.11. The zero-order chi connectivity index (χ0) is 16.4. The molecule has 1 aromatic heterocycles. The highest BCUT2D eigenvalue weighted by Crippen LogP contribution is 2.37. The summed E-state index contributed by atoms with van der Waals surface area (Å²) in [6.07, 6.45) is 8.28. The fourth-order valence-electron chi connectivity index (χ4n) is 4.11. The minimum Gasteiger partial charge on any atom is -0.489 e. The molecule has 24 heavy (non-hydrogen) atoms. The summed E-state index contributed by atoms with van der Waals surface area (Å²) < 4.78 is 16.9. The van der Waals surface area contributed by atoms with Crippen molar-refractivity contribution in [2.45, 2.75) is 50.3 Å². The van der Waals surface area contributed by atoms with E-state index in [0.717, 1.165) is 44.5 Å². The Morgan fingerprint density at radius 3 is 2.79 bits per heavy atom. The topological polar surface area (TPSA) is 60.9 Å². The van der Waals surface area contributed by atoms with Gasteiger partial charge < -0.3 is 19.1 Å². The summed E-state index contributed by atoms with van der Waals surface area (Å²) in [6.45, 7) is 1.97. The van der Waals surface area contributed by atoms with Crippen LogP contribution in [0, 0.1) is 5.92 Å². The van der Waals surface area contributed by atoms with Crippen LogP contribution in [0.4, 0.5) is 4.79 Å². The summed E-state index contributed by atoms with van der Waals surface area (Å²) >= 11 is 0. The quantitative estimate of drug-likeness (QED) is 0.848. The number of aromatic nitrogens is 1. The number of ether oxygens (including phenoxy) is 3. The molecule has 0 saturated carbocycles. The van der Waals surface area contributed by atoms with Crippen LogP contribution in [0.2, 0.25) is 0 Å². The predicted octanol–water partition coefficient (Wildman–Crippen LogP) is 2.63. The van der Waals surface area contributed by atoms with Crippen LogP contribution in [-0.4, -0.2) is 54.0 Å². The van der Waals surface area contributed by atoms with E-state index in [1.807, 2.05) is 17.0 Å². The molecule has 3 unspecified atom stereocenters. The second kappa shape index (κ2) is 6.97. The highest BCUT2D eigenvalue weighted by Gasteiger charge is 2.45. The minimum absolute atomic E-state index is 0.152. The third-order valence-electron chi connectivity index (χ3n) is 5.30. The lowest BCUT2D eigenvalue weighted by atomic mass is 10.0. The summed E-state index contributed by atoms with van der Waals surface area (Å²) in [6, 6.07) is 4.28. The monoisotopic (exact) mass is 332 g/mol. The molecule has 3 fully saturated rings. The molecule has 3 aliphatic heterocycles. The van der Waals surface area contributed by atoms with Crippen molar-refractivity contribution in [1.82, 2.24) is 9.88 Å². The van der Waals surface area contributed by atoms with Gasteiger partial charge in [0, 0.05) is 43.6 Å². The molecule has 2 bridgehead atoms. The standard InChI is InChI=1S/C18H24N2O4/c21-18(23-12-13-5-7-22-11-13)20-14-3-4-15(20)9-17(8-14)24-16-2-1-6-19-10-16/h1-2,6,10,13-15,17H,3-5,7-9,11-12H2. The van der Waals surface area contributed by atoms with Crippen LogP contribution in [0.25, 0.3) is 0 Å². The predicted molar refractivity (Wildman–Crippen MR) is 86.8 cm³/mol. The van der Waals surface area contributed by atoms with E-state index in [0.29, 0.717) is 19.1 Å². The van der Waals surface area contributed by atoms with Gasteiger partial charge in [0.15, 0.2) is 0 Å². The smallest absolute Gasteiger partial charge is 0.410 e. The molecule has 6 heteroatoms. The number of carbonyl (C=O) groups is 1. The Morgan fingerprint density at radius 2 is 2.12 bits per heavy atom. The average molecular weight is 332 g/mol. The van der Waals surface area contributed by atoms with E-state index < -0.39 is 0 Å². The second-order valence-electron chi connectivity index (χ2n) is 7.00. The van der Waals surface area contributed by atoms with Gasteiger partial charge in [0.25, 0.3) is 0 Å². The van der Waals surface area contributed by atoms with Crippen molar-refractivity contribution in [3.63, 3.8) is 0 Å². The number of fused-ring (bicyclic) bond motifs is 2. The van der Waals surface area contributed by atoms with E-state index in [2.05, 4.69) is 4.98 Å². The Balaban J connectivity index is 1.32. The molecular formula is C18H24N2O4. The second-order valence-corrected chi connectivity index (χ2v) is 7.00. The van der Waals surface area contributed by atoms with Crippen molar-refractivity contribution >= 4 is 6.09 Å². The van der Waals surface area contributed by atoms with Gasteiger partial charge >= 0.3 is 6.09 Å². The maximum atomic E-state index is 12.5. The Hall–Kier alpha value is -1.82. The molecule has 0 N–H and O–H groups in total.